The standard InChI is InChI=1S/C20H26N6/c1-15-13-17-18(21-15)22-20(24(2)3)23-19(17)26-11-9-25(10-12-26)14-16-7-5-4-6-8-16/h4-8,13H,9-12,14H2,1-3H3,(H,21,22,23). The third kappa shape index (κ3) is 3.37. The fraction of sp³-hybridized carbons (Fsp3) is 0.400. The van der Waals surface area contributed by atoms with Gasteiger partial charge in [-0.05, 0) is 18.6 Å². The predicted octanol–water partition coefficient (Wildman–Crippen LogP) is 2.65. The SMILES string of the molecule is Cc1cc2c(N3CCN(Cc4ccccc4)CC3)nc(N(C)C)nc2[nH]1. The van der Waals surface area contributed by atoms with Gasteiger partial charge in [-0.3, -0.25) is 4.90 Å². The van der Waals surface area contributed by atoms with Crippen LogP contribution in [0.1, 0.15) is 11.3 Å². The van der Waals surface area contributed by atoms with Crippen LogP contribution in [0, 0.1) is 6.92 Å². The lowest BCUT2D eigenvalue weighted by Crippen LogP contribution is -2.46. The average Bonchev–Trinajstić information content (AvgIpc) is 3.02. The summed E-state index contributed by atoms with van der Waals surface area (Å²) in [7, 11) is 3.97. The highest BCUT2D eigenvalue weighted by molar-refractivity contribution is 5.89. The molecule has 3 heterocycles. The van der Waals surface area contributed by atoms with Crippen molar-refractivity contribution in [3.05, 3.63) is 47.7 Å². The fourth-order valence-corrected chi connectivity index (χ4v) is 3.51. The fourth-order valence-electron chi connectivity index (χ4n) is 3.51. The van der Waals surface area contributed by atoms with E-state index in [4.69, 9.17) is 4.98 Å². The molecule has 1 saturated heterocycles. The Bertz CT molecular complexity index is 878. The first-order valence-corrected chi connectivity index (χ1v) is 9.16. The minimum absolute atomic E-state index is 0.751. The van der Waals surface area contributed by atoms with Gasteiger partial charge in [0.1, 0.15) is 11.5 Å². The van der Waals surface area contributed by atoms with E-state index < -0.39 is 0 Å². The molecule has 0 unspecified atom stereocenters. The van der Waals surface area contributed by atoms with E-state index in [0.717, 1.165) is 61.2 Å². The van der Waals surface area contributed by atoms with Crippen LogP contribution in [0.25, 0.3) is 11.0 Å². The number of piperazine rings is 1. The summed E-state index contributed by atoms with van der Waals surface area (Å²) >= 11 is 0. The van der Waals surface area contributed by atoms with Crippen molar-refractivity contribution in [1.82, 2.24) is 19.9 Å². The smallest absolute Gasteiger partial charge is 0.228 e. The molecule has 0 aliphatic carbocycles. The summed E-state index contributed by atoms with van der Waals surface area (Å²) in [6, 6.07) is 12.8. The van der Waals surface area contributed by atoms with E-state index in [2.05, 4.69) is 63.1 Å². The molecule has 1 aromatic carbocycles. The van der Waals surface area contributed by atoms with Crippen molar-refractivity contribution in [3.63, 3.8) is 0 Å². The maximum atomic E-state index is 4.85. The van der Waals surface area contributed by atoms with Crippen molar-refractivity contribution in [2.24, 2.45) is 0 Å². The van der Waals surface area contributed by atoms with Crippen molar-refractivity contribution < 1.29 is 0 Å². The molecule has 4 rings (SSSR count). The molecule has 0 amide bonds. The zero-order valence-corrected chi connectivity index (χ0v) is 15.7. The molecule has 1 N–H and O–H groups in total. The Balaban J connectivity index is 1.53. The summed E-state index contributed by atoms with van der Waals surface area (Å²) in [6.07, 6.45) is 0. The van der Waals surface area contributed by atoms with Gasteiger partial charge in [-0.2, -0.15) is 9.97 Å². The lowest BCUT2D eigenvalue weighted by atomic mass is 10.2. The number of hydrogen-bond donors (Lipinski definition) is 1. The first-order valence-electron chi connectivity index (χ1n) is 9.16. The van der Waals surface area contributed by atoms with Gasteiger partial charge in [-0.25, -0.2) is 0 Å². The van der Waals surface area contributed by atoms with Gasteiger partial charge in [-0.15, -0.1) is 0 Å². The number of aryl methyl sites for hydroxylation is 1. The maximum absolute atomic E-state index is 4.85. The average molecular weight is 350 g/mol. The number of nitrogens with one attached hydrogen (secondary N) is 1. The molecule has 0 radical (unpaired) electrons. The number of aromatic amines is 1. The Morgan fingerprint density at radius 2 is 1.77 bits per heavy atom. The monoisotopic (exact) mass is 350 g/mol. The van der Waals surface area contributed by atoms with Crippen molar-refractivity contribution in [2.45, 2.75) is 13.5 Å². The van der Waals surface area contributed by atoms with Crippen LogP contribution in [0.2, 0.25) is 0 Å². The van der Waals surface area contributed by atoms with Gasteiger partial charge < -0.3 is 14.8 Å². The van der Waals surface area contributed by atoms with E-state index in [1.54, 1.807) is 0 Å². The molecule has 2 aromatic heterocycles. The summed E-state index contributed by atoms with van der Waals surface area (Å²) in [5.41, 5.74) is 3.42. The second kappa shape index (κ2) is 6.96. The summed E-state index contributed by atoms with van der Waals surface area (Å²) in [4.78, 5) is 19.7. The number of fused-ring (bicyclic) bond motifs is 1. The van der Waals surface area contributed by atoms with Gasteiger partial charge >= 0.3 is 0 Å². The molecule has 3 aromatic rings. The van der Waals surface area contributed by atoms with Crippen LogP contribution in [-0.2, 0) is 6.54 Å². The highest BCUT2D eigenvalue weighted by Gasteiger charge is 2.22. The van der Waals surface area contributed by atoms with Crippen LogP contribution in [-0.4, -0.2) is 60.1 Å². The zero-order chi connectivity index (χ0) is 18.1. The van der Waals surface area contributed by atoms with Gasteiger partial charge in [0.15, 0.2) is 0 Å². The molecule has 0 saturated carbocycles. The minimum atomic E-state index is 0.751. The second-order valence-corrected chi connectivity index (χ2v) is 7.21. The zero-order valence-electron chi connectivity index (χ0n) is 15.7. The van der Waals surface area contributed by atoms with Crippen LogP contribution in [0.5, 0.6) is 0 Å². The third-order valence-corrected chi connectivity index (χ3v) is 4.91. The topological polar surface area (TPSA) is 51.3 Å². The van der Waals surface area contributed by atoms with Crippen molar-refractivity contribution in [3.8, 4) is 0 Å². The van der Waals surface area contributed by atoms with Gasteiger partial charge in [0.2, 0.25) is 5.95 Å². The molecule has 0 spiro atoms. The molecule has 0 atom stereocenters. The quantitative estimate of drug-likeness (QED) is 0.784. The van der Waals surface area contributed by atoms with Crippen LogP contribution in [0.3, 0.4) is 0 Å². The number of benzene rings is 1. The Kier molecular flexibility index (Phi) is 4.51. The molecule has 1 aliphatic rings. The Hall–Kier alpha value is -2.60. The molecule has 6 heteroatoms. The summed E-state index contributed by atoms with van der Waals surface area (Å²) in [5, 5.41) is 1.12. The van der Waals surface area contributed by atoms with E-state index in [0.29, 0.717) is 0 Å². The molecule has 136 valence electrons. The minimum Gasteiger partial charge on any atom is -0.353 e. The molecule has 1 fully saturated rings. The highest BCUT2D eigenvalue weighted by Crippen LogP contribution is 2.27. The lowest BCUT2D eigenvalue weighted by Gasteiger charge is -2.35. The van der Waals surface area contributed by atoms with Gasteiger partial charge in [0.25, 0.3) is 0 Å². The second-order valence-electron chi connectivity index (χ2n) is 7.21. The molecule has 1 aliphatic heterocycles. The summed E-state index contributed by atoms with van der Waals surface area (Å²) < 4.78 is 0. The Morgan fingerprint density at radius 3 is 2.46 bits per heavy atom. The highest BCUT2D eigenvalue weighted by atomic mass is 15.3. The number of aromatic nitrogens is 3. The van der Waals surface area contributed by atoms with Crippen LogP contribution < -0.4 is 9.80 Å². The number of H-pyrrole nitrogens is 1. The normalized spacial score (nSPS) is 15.6. The molecule has 0 bridgehead atoms. The van der Waals surface area contributed by atoms with Crippen molar-refractivity contribution >= 4 is 22.8 Å². The van der Waals surface area contributed by atoms with Crippen molar-refractivity contribution in [1.29, 1.82) is 0 Å². The number of rotatable bonds is 4. The summed E-state index contributed by atoms with van der Waals surface area (Å²) in [6.45, 7) is 7.13. The number of anilines is 2. The van der Waals surface area contributed by atoms with E-state index in [9.17, 15) is 0 Å². The largest absolute Gasteiger partial charge is 0.353 e. The van der Waals surface area contributed by atoms with Crippen LogP contribution >= 0.6 is 0 Å². The summed E-state index contributed by atoms with van der Waals surface area (Å²) in [5.74, 6) is 1.79. The maximum Gasteiger partial charge on any atom is 0.228 e. The Labute approximate surface area is 154 Å². The van der Waals surface area contributed by atoms with Gasteiger partial charge in [0.05, 0.1) is 5.39 Å². The van der Waals surface area contributed by atoms with Crippen LogP contribution in [0.15, 0.2) is 36.4 Å². The molecule has 6 nitrogen and oxygen atoms in total. The van der Waals surface area contributed by atoms with Crippen molar-refractivity contribution in [2.75, 3.05) is 50.1 Å². The van der Waals surface area contributed by atoms with Gasteiger partial charge in [0, 0.05) is 52.5 Å². The third-order valence-electron chi connectivity index (χ3n) is 4.91. The van der Waals surface area contributed by atoms with E-state index in [-0.39, 0.29) is 0 Å². The molecular formula is C20H26N6. The van der Waals surface area contributed by atoms with E-state index >= 15 is 0 Å². The number of nitrogens with zero attached hydrogens (tertiary/aromatic N) is 5. The van der Waals surface area contributed by atoms with E-state index in [1.165, 1.54) is 5.56 Å². The first kappa shape index (κ1) is 16.8. The van der Waals surface area contributed by atoms with E-state index in [1.807, 2.05) is 19.0 Å². The predicted molar refractivity (Wildman–Crippen MR) is 107 cm³/mol. The number of hydrogen-bond acceptors (Lipinski definition) is 5. The van der Waals surface area contributed by atoms with Gasteiger partial charge in [-0.1, -0.05) is 30.3 Å². The molecular weight excluding hydrogens is 324 g/mol. The lowest BCUT2D eigenvalue weighted by molar-refractivity contribution is 0.249. The molecule has 26 heavy (non-hydrogen) atoms. The Morgan fingerprint density at radius 1 is 1.04 bits per heavy atom. The van der Waals surface area contributed by atoms with Crippen LogP contribution in [0.4, 0.5) is 11.8 Å². The first-order chi connectivity index (χ1) is 12.6.